The van der Waals surface area contributed by atoms with Gasteiger partial charge in [-0.2, -0.15) is 0 Å². The zero-order valence-electron chi connectivity index (χ0n) is 11.7. The molecule has 0 radical (unpaired) electrons. The summed E-state index contributed by atoms with van der Waals surface area (Å²) in [5, 5.41) is 0. The van der Waals surface area contributed by atoms with Crippen LogP contribution in [0, 0.1) is 0 Å². The van der Waals surface area contributed by atoms with Gasteiger partial charge in [0.05, 0.1) is 0 Å². The van der Waals surface area contributed by atoms with Crippen LogP contribution < -0.4 is 9.35 Å². The molecule has 0 heterocycles. The van der Waals surface area contributed by atoms with Crippen molar-refractivity contribution in [3.8, 4) is 0 Å². The number of hydrazine groups is 1. The van der Waals surface area contributed by atoms with Crippen molar-refractivity contribution >= 4 is 30.7 Å². The highest BCUT2D eigenvalue weighted by atomic mass is 28.2. The predicted molar refractivity (Wildman–Crippen MR) is 86.9 cm³/mol. The first-order chi connectivity index (χ1) is 10.6. The second-order valence-electron chi connectivity index (χ2n) is 4.62. The summed E-state index contributed by atoms with van der Waals surface area (Å²) in [4.78, 5) is 0. The second kappa shape index (κ2) is 7.99. The predicted octanol–water partition coefficient (Wildman–Crippen LogP) is 2.53. The van der Waals surface area contributed by atoms with Crippen LogP contribution in [0.25, 0.3) is 0 Å². The van der Waals surface area contributed by atoms with Crippen LogP contribution in [0.15, 0.2) is 60.7 Å². The second-order valence-corrected chi connectivity index (χ2v) is 7.78. The molecule has 0 saturated carbocycles. The average molecular weight is 344 g/mol. The number of para-hydroxylation sites is 2. The minimum atomic E-state index is -2.49. The molecule has 2 rings (SSSR count). The van der Waals surface area contributed by atoms with Crippen LogP contribution in [0.5, 0.6) is 0 Å². The lowest BCUT2D eigenvalue weighted by Crippen LogP contribution is -2.52. The van der Waals surface area contributed by atoms with E-state index in [-0.39, 0.29) is 0 Å². The summed E-state index contributed by atoms with van der Waals surface area (Å²) >= 11 is 0. The van der Waals surface area contributed by atoms with Crippen molar-refractivity contribution in [2.45, 2.75) is 12.1 Å². The molecule has 8 heteroatoms. The molecule has 2 aromatic rings. The first-order valence-electron chi connectivity index (χ1n) is 6.79. The first-order valence-corrected chi connectivity index (χ1v) is 9.69. The fourth-order valence-electron chi connectivity index (χ4n) is 2.15. The van der Waals surface area contributed by atoms with E-state index in [2.05, 4.69) is 0 Å². The van der Waals surface area contributed by atoms with Crippen LogP contribution in [0.2, 0.25) is 0 Å². The van der Waals surface area contributed by atoms with E-state index in [4.69, 9.17) is 0 Å². The van der Waals surface area contributed by atoms with E-state index in [1.54, 1.807) is 60.7 Å². The molecule has 0 aliphatic carbocycles. The molecule has 118 valence electrons. The Balaban J connectivity index is 2.39. The van der Waals surface area contributed by atoms with Crippen LogP contribution in [-0.4, -0.2) is 31.5 Å². The van der Waals surface area contributed by atoms with E-state index in [1.165, 1.54) is 9.35 Å². The number of hydrogen-bond acceptors (Lipinski definition) is 2. The lowest BCUT2D eigenvalue weighted by atomic mass is 10.3. The standard InChI is InChI=1S/C14H16F4N2Si2/c15-13(16)21-19(11-7-3-1-4-8-11)20(22-14(17)18)12-9-5-2-6-10-12/h1-10,13-14H,21-22H2. The van der Waals surface area contributed by atoms with E-state index in [0.717, 1.165) is 0 Å². The molecular weight excluding hydrogens is 328 g/mol. The molecule has 0 saturated heterocycles. The Bertz CT molecular complexity index is 506. The molecule has 0 fully saturated rings. The first kappa shape index (κ1) is 16.6. The number of rotatable bonds is 7. The number of halogens is 4. The van der Waals surface area contributed by atoms with E-state index in [9.17, 15) is 17.6 Å². The van der Waals surface area contributed by atoms with E-state index < -0.39 is 31.5 Å². The Morgan fingerprint density at radius 1 is 0.591 bits per heavy atom. The Kier molecular flexibility index (Phi) is 6.02. The molecule has 2 aromatic carbocycles. The van der Waals surface area contributed by atoms with Gasteiger partial charge in [-0.1, -0.05) is 36.4 Å². The maximum absolute atomic E-state index is 13.0. The van der Waals surface area contributed by atoms with Crippen molar-refractivity contribution in [1.29, 1.82) is 0 Å². The fourth-order valence-corrected chi connectivity index (χ4v) is 4.93. The third-order valence-electron chi connectivity index (χ3n) is 3.02. The fraction of sp³-hybridized carbons (Fsp3) is 0.143. The number of nitrogens with zero attached hydrogens (tertiary/aromatic N) is 2. The molecule has 0 atom stereocenters. The maximum atomic E-state index is 13.0. The topological polar surface area (TPSA) is 6.48 Å². The molecule has 0 aliphatic heterocycles. The largest absolute Gasteiger partial charge is 0.323 e. The Labute approximate surface area is 131 Å². The van der Waals surface area contributed by atoms with Crippen molar-refractivity contribution < 1.29 is 17.6 Å². The zero-order valence-corrected chi connectivity index (χ0v) is 14.6. The molecule has 0 N–H and O–H groups in total. The highest BCUT2D eigenvalue weighted by Crippen LogP contribution is 2.22. The van der Waals surface area contributed by atoms with Gasteiger partial charge in [-0.15, -0.1) is 0 Å². The molecule has 0 spiro atoms. The monoisotopic (exact) mass is 344 g/mol. The highest BCUT2D eigenvalue weighted by Gasteiger charge is 2.24. The quantitative estimate of drug-likeness (QED) is 0.433. The van der Waals surface area contributed by atoms with Gasteiger partial charge in [0.15, 0.2) is 0 Å². The molecule has 0 bridgehead atoms. The Morgan fingerprint density at radius 2 is 0.909 bits per heavy atom. The number of hydrogen-bond donors (Lipinski definition) is 0. The van der Waals surface area contributed by atoms with Crippen molar-refractivity contribution in [1.82, 2.24) is 0 Å². The highest BCUT2D eigenvalue weighted by molar-refractivity contribution is 6.51. The summed E-state index contributed by atoms with van der Waals surface area (Å²) in [5.41, 5.74) is 1.07. The van der Waals surface area contributed by atoms with Crippen LogP contribution in [0.4, 0.5) is 28.9 Å². The SMILES string of the molecule is FC(F)[SiH2]N(c1ccccc1)N([SiH2]C(F)F)c1ccccc1. The molecule has 0 unspecified atom stereocenters. The van der Waals surface area contributed by atoms with Gasteiger partial charge in [-0.3, -0.25) is 0 Å². The lowest BCUT2D eigenvalue weighted by Gasteiger charge is -2.38. The number of benzene rings is 2. The van der Waals surface area contributed by atoms with Gasteiger partial charge in [-0.05, 0) is 24.3 Å². The van der Waals surface area contributed by atoms with Gasteiger partial charge in [0.1, 0.15) is 0 Å². The van der Waals surface area contributed by atoms with Gasteiger partial charge >= 0.3 is 0 Å². The van der Waals surface area contributed by atoms with E-state index in [1.807, 2.05) is 0 Å². The summed E-state index contributed by atoms with van der Waals surface area (Å²) in [6.45, 7) is 0. The zero-order chi connectivity index (χ0) is 15.9. The summed E-state index contributed by atoms with van der Waals surface area (Å²) < 4.78 is 54.8. The maximum Gasteiger partial charge on any atom is 0.237 e. The van der Waals surface area contributed by atoms with E-state index in [0.29, 0.717) is 11.4 Å². The van der Waals surface area contributed by atoms with Gasteiger partial charge in [-0.25, -0.2) is 17.6 Å². The minimum Gasteiger partial charge on any atom is -0.323 e. The number of anilines is 2. The normalized spacial score (nSPS) is 12.1. The van der Waals surface area contributed by atoms with Crippen LogP contribution in [0.3, 0.4) is 0 Å². The van der Waals surface area contributed by atoms with Gasteiger partial charge < -0.3 is 9.35 Å². The molecule has 0 aliphatic rings. The van der Waals surface area contributed by atoms with Crippen LogP contribution in [0.1, 0.15) is 0 Å². The summed E-state index contributed by atoms with van der Waals surface area (Å²) in [7, 11) is -4.09. The third kappa shape index (κ3) is 4.60. The van der Waals surface area contributed by atoms with E-state index >= 15 is 0 Å². The molecule has 0 aromatic heterocycles. The lowest BCUT2D eigenvalue weighted by molar-refractivity contribution is 0.234. The van der Waals surface area contributed by atoms with Crippen LogP contribution in [-0.2, 0) is 0 Å². The molecular formula is C14H16F4N2Si2. The van der Waals surface area contributed by atoms with Gasteiger partial charge in [0.25, 0.3) is 0 Å². The Hall–Kier alpha value is -1.81. The smallest absolute Gasteiger partial charge is 0.237 e. The van der Waals surface area contributed by atoms with Gasteiger partial charge in [0, 0.05) is 11.4 Å². The van der Waals surface area contributed by atoms with Gasteiger partial charge in [0.2, 0.25) is 31.5 Å². The third-order valence-corrected chi connectivity index (χ3v) is 6.08. The molecule has 22 heavy (non-hydrogen) atoms. The molecule has 0 amide bonds. The summed E-state index contributed by atoms with van der Waals surface area (Å²) in [6.07, 6.45) is 0. The van der Waals surface area contributed by atoms with Crippen molar-refractivity contribution in [2.75, 3.05) is 9.35 Å². The van der Waals surface area contributed by atoms with Crippen LogP contribution >= 0.6 is 0 Å². The summed E-state index contributed by atoms with van der Waals surface area (Å²) in [6, 6.07) is 12.1. The minimum absolute atomic E-state index is 0.534. The van der Waals surface area contributed by atoms with Crippen molar-refractivity contribution in [2.24, 2.45) is 0 Å². The van der Waals surface area contributed by atoms with Crippen molar-refractivity contribution in [3.63, 3.8) is 0 Å². The average Bonchev–Trinajstić information content (AvgIpc) is 2.52. The van der Waals surface area contributed by atoms with Crippen molar-refractivity contribution in [3.05, 3.63) is 60.7 Å². The summed E-state index contributed by atoms with van der Waals surface area (Å²) in [5.74, 6) is 0. The Morgan fingerprint density at radius 3 is 1.18 bits per heavy atom. The number of alkyl halides is 4. The molecule has 2 nitrogen and oxygen atoms in total.